The van der Waals surface area contributed by atoms with Crippen LogP contribution >= 0.6 is 0 Å². The van der Waals surface area contributed by atoms with Crippen LogP contribution in [0.5, 0.6) is 0 Å². The van der Waals surface area contributed by atoms with Gasteiger partial charge in [-0.3, -0.25) is 0 Å². The van der Waals surface area contributed by atoms with Crippen molar-refractivity contribution in [2.24, 2.45) is 5.73 Å². The molecule has 9 heavy (non-hydrogen) atoms. The highest BCUT2D eigenvalue weighted by Crippen LogP contribution is 2.07. The maximum atomic E-state index is 5.66. The molecule has 0 aliphatic heterocycles. The molecule has 48 valence electrons. The molecule has 0 aromatic carbocycles. The van der Waals surface area contributed by atoms with Gasteiger partial charge in [0.05, 0.1) is 0 Å². The van der Waals surface area contributed by atoms with Crippen molar-refractivity contribution in [2.75, 3.05) is 0 Å². The summed E-state index contributed by atoms with van der Waals surface area (Å²) < 4.78 is 0. The molecule has 0 aromatic rings. The van der Waals surface area contributed by atoms with Crippen LogP contribution in [0.2, 0.25) is 0 Å². The van der Waals surface area contributed by atoms with E-state index in [1.54, 1.807) is 0 Å². The van der Waals surface area contributed by atoms with Crippen molar-refractivity contribution in [3.8, 4) is 0 Å². The number of nitrogens with two attached hydrogens (primary N) is 1. The first-order valence-corrected chi connectivity index (χ1v) is 3.09. The summed E-state index contributed by atoms with van der Waals surface area (Å²) in [5.41, 5.74) is 7.81. The Bertz CT molecular complexity index is 185. The van der Waals surface area contributed by atoms with Crippen molar-refractivity contribution in [3.63, 3.8) is 0 Å². The maximum absolute atomic E-state index is 5.66. The minimum atomic E-state index is 0.888. The highest BCUT2D eigenvalue weighted by molar-refractivity contribution is 5.29. The second kappa shape index (κ2) is 2.53. The standard InChI is InChI=1S/C8H11N/c1-7-5-3-2-4-6-8(7)9/h2-5H,6,9H2,1H3. The lowest BCUT2D eigenvalue weighted by Crippen LogP contribution is -1.96. The van der Waals surface area contributed by atoms with Gasteiger partial charge in [-0.15, -0.1) is 0 Å². The Balaban J connectivity index is 2.85. The van der Waals surface area contributed by atoms with Gasteiger partial charge in [0.25, 0.3) is 0 Å². The van der Waals surface area contributed by atoms with E-state index < -0.39 is 0 Å². The van der Waals surface area contributed by atoms with E-state index in [9.17, 15) is 0 Å². The van der Waals surface area contributed by atoms with Gasteiger partial charge in [-0.25, -0.2) is 0 Å². The van der Waals surface area contributed by atoms with Gasteiger partial charge in [0.15, 0.2) is 0 Å². The molecular formula is C8H11N. The van der Waals surface area contributed by atoms with E-state index in [4.69, 9.17) is 5.73 Å². The number of allylic oxidation sites excluding steroid dienone is 5. The Morgan fingerprint density at radius 2 is 2.22 bits per heavy atom. The molecule has 0 atom stereocenters. The molecule has 0 spiro atoms. The molecule has 0 saturated heterocycles. The molecule has 1 aliphatic carbocycles. The maximum Gasteiger partial charge on any atom is 0.0149 e. The average molecular weight is 121 g/mol. The summed E-state index contributed by atoms with van der Waals surface area (Å²) in [6.45, 7) is 2.03. The Hall–Kier alpha value is -0.980. The first-order valence-electron chi connectivity index (χ1n) is 3.09. The molecule has 1 rings (SSSR count). The third-order valence-electron chi connectivity index (χ3n) is 1.44. The van der Waals surface area contributed by atoms with E-state index in [0.29, 0.717) is 0 Å². The van der Waals surface area contributed by atoms with Gasteiger partial charge in [0, 0.05) is 12.1 Å². The van der Waals surface area contributed by atoms with E-state index in [0.717, 1.165) is 12.1 Å². The van der Waals surface area contributed by atoms with Gasteiger partial charge >= 0.3 is 0 Å². The normalized spacial score (nSPS) is 18.3. The predicted molar refractivity (Wildman–Crippen MR) is 39.8 cm³/mol. The number of hydrogen-bond donors (Lipinski definition) is 1. The van der Waals surface area contributed by atoms with Crippen LogP contribution in [0.3, 0.4) is 0 Å². The monoisotopic (exact) mass is 121 g/mol. The van der Waals surface area contributed by atoms with Gasteiger partial charge < -0.3 is 5.73 Å². The Morgan fingerprint density at radius 3 is 3.00 bits per heavy atom. The largest absolute Gasteiger partial charge is 0.402 e. The summed E-state index contributed by atoms with van der Waals surface area (Å²) in [6.07, 6.45) is 9.00. The van der Waals surface area contributed by atoms with Crippen LogP contribution in [0.25, 0.3) is 0 Å². The molecular weight excluding hydrogens is 110 g/mol. The van der Waals surface area contributed by atoms with E-state index in [1.165, 1.54) is 5.57 Å². The summed E-state index contributed by atoms with van der Waals surface area (Å²) >= 11 is 0. The first kappa shape index (κ1) is 6.14. The minimum absolute atomic E-state index is 0.888. The highest BCUT2D eigenvalue weighted by Gasteiger charge is 1.92. The second-order valence-corrected chi connectivity index (χ2v) is 2.20. The average Bonchev–Trinajstić information content (AvgIpc) is 1.99. The third kappa shape index (κ3) is 1.46. The molecule has 2 N–H and O–H groups in total. The summed E-state index contributed by atoms with van der Waals surface area (Å²) in [5.74, 6) is 0. The van der Waals surface area contributed by atoms with Crippen LogP contribution in [0.1, 0.15) is 13.3 Å². The van der Waals surface area contributed by atoms with Crippen LogP contribution < -0.4 is 5.73 Å². The molecule has 1 aliphatic rings. The van der Waals surface area contributed by atoms with Crippen LogP contribution in [-0.4, -0.2) is 0 Å². The lowest BCUT2D eigenvalue weighted by atomic mass is 10.2. The van der Waals surface area contributed by atoms with Crippen molar-refractivity contribution >= 4 is 0 Å². The zero-order valence-electron chi connectivity index (χ0n) is 5.59. The fourth-order valence-electron chi connectivity index (χ4n) is 0.741. The van der Waals surface area contributed by atoms with Crippen molar-refractivity contribution < 1.29 is 0 Å². The predicted octanol–water partition coefficient (Wildman–Crippen LogP) is 1.74. The third-order valence-corrected chi connectivity index (χ3v) is 1.44. The zero-order valence-corrected chi connectivity index (χ0v) is 5.59. The van der Waals surface area contributed by atoms with E-state index in [1.807, 2.05) is 25.2 Å². The Kier molecular flexibility index (Phi) is 1.73. The molecule has 0 amide bonds. The fourth-order valence-corrected chi connectivity index (χ4v) is 0.741. The van der Waals surface area contributed by atoms with Crippen LogP contribution in [0.15, 0.2) is 35.6 Å². The quantitative estimate of drug-likeness (QED) is 0.519. The lowest BCUT2D eigenvalue weighted by molar-refractivity contribution is 1.13. The molecule has 1 heteroatoms. The molecule has 0 radical (unpaired) electrons. The van der Waals surface area contributed by atoms with Crippen molar-refractivity contribution in [2.45, 2.75) is 13.3 Å². The highest BCUT2D eigenvalue weighted by atomic mass is 14.6. The summed E-state index contributed by atoms with van der Waals surface area (Å²) in [6, 6.07) is 0. The van der Waals surface area contributed by atoms with E-state index >= 15 is 0 Å². The van der Waals surface area contributed by atoms with Crippen molar-refractivity contribution in [1.29, 1.82) is 0 Å². The van der Waals surface area contributed by atoms with Gasteiger partial charge in [0.1, 0.15) is 0 Å². The van der Waals surface area contributed by atoms with E-state index in [-0.39, 0.29) is 0 Å². The molecule has 0 unspecified atom stereocenters. The Labute approximate surface area is 55.6 Å². The van der Waals surface area contributed by atoms with Crippen molar-refractivity contribution in [1.82, 2.24) is 0 Å². The summed E-state index contributed by atoms with van der Waals surface area (Å²) in [7, 11) is 0. The fraction of sp³-hybridized carbons (Fsp3) is 0.250. The summed E-state index contributed by atoms with van der Waals surface area (Å²) in [5, 5.41) is 0. The minimum Gasteiger partial charge on any atom is -0.402 e. The smallest absolute Gasteiger partial charge is 0.0149 e. The van der Waals surface area contributed by atoms with E-state index in [2.05, 4.69) is 6.08 Å². The Morgan fingerprint density at radius 1 is 1.44 bits per heavy atom. The molecule has 0 fully saturated rings. The molecule has 1 nitrogen and oxygen atoms in total. The zero-order chi connectivity index (χ0) is 6.69. The number of rotatable bonds is 0. The van der Waals surface area contributed by atoms with Gasteiger partial charge in [-0.1, -0.05) is 24.3 Å². The van der Waals surface area contributed by atoms with Crippen LogP contribution in [0.4, 0.5) is 0 Å². The molecule has 0 aromatic heterocycles. The van der Waals surface area contributed by atoms with Gasteiger partial charge in [0.2, 0.25) is 0 Å². The molecule has 0 heterocycles. The van der Waals surface area contributed by atoms with Crippen LogP contribution in [0, 0.1) is 0 Å². The molecule has 0 saturated carbocycles. The SMILES string of the molecule is CC1=C(N)CC=CC=C1. The van der Waals surface area contributed by atoms with Crippen LogP contribution in [-0.2, 0) is 0 Å². The number of hydrogen-bond acceptors (Lipinski definition) is 1. The molecule has 0 bridgehead atoms. The van der Waals surface area contributed by atoms with Crippen molar-refractivity contribution in [3.05, 3.63) is 35.6 Å². The first-order chi connectivity index (χ1) is 4.30. The topological polar surface area (TPSA) is 26.0 Å². The van der Waals surface area contributed by atoms with Gasteiger partial charge in [-0.05, 0) is 12.5 Å². The van der Waals surface area contributed by atoms with Gasteiger partial charge in [-0.2, -0.15) is 0 Å². The summed E-state index contributed by atoms with van der Waals surface area (Å²) in [4.78, 5) is 0. The lowest BCUT2D eigenvalue weighted by Gasteiger charge is -1.96. The second-order valence-electron chi connectivity index (χ2n) is 2.20.